The molecule has 0 amide bonds. The summed E-state index contributed by atoms with van der Waals surface area (Å²) in [4.78, 5) is 11.9. The Morgan fingerprint density at radius 3 is 2.79 bits per heavy atom. The molecule has 1 heterocycles. The highest BCUT2D eigenvalue weighted by Crippen LogP contribution is 2.40. The average molecular weight is 259 g/mol. The van der Waals surface area contributed by atoms with Gasteiger partial charge in [0.25, 0.3) is 0 Å². The van der Waals surface area contributed by atoms with Crippen molar-refractivity contribution in [1.82, 2.24) is 0 Å². The van der Waals surface area contributed by atoms with Crippen LogP contribution in [0.5, 0.6) is 0 Å². The van der Waals surface area contributed by atoms with Crippen LogP contribution in [0.1, 0.15) is 59.5 Å². The Balaban J connectivity index is 2.05. The number of esters is 1. The molecule has 0 radical (unpaired) electrons. The fourth-order valence-electron chi connectivity index (χ4n) is 3.51. The van der Waals surface area contributed by atoms with E-state index in [-0.39, 0.29) is 5.97 Å². The van der Waals surface area contributed by atoms with Gasteiger partial charge in [0.05, 0.1) is 18.4 Å². The van der Waals surface area contributed by atoms with Gasteiger partial charge in [0.15, 0.2) is 0 Å². The fraction of sp³-hybridized carbons (Fsp3) is 0.562. The van der Waals surface area contributed by atoms with Crippen molar-refractivity contribution in [2.75, 3.05) is 19.0 Å². The number of fused-ring (bicyclic) bond motifs is 1. The van der Waals surface area contributed by atoms with Gasteiger partial charge in [-0.3, -0.25) is 0 Å². The minimum absolute atomic E-state index is 0.233. The van der Waals surface area contributed by atoms with Gasteiger partial charge in [-0.1, -0.05) is 18.9 Å². The van der Waals surface area contributed by atoms with Gasteiger partial charge >= 0.3 is 5.97 Å². The summed E-state index contributed by atoms with van der Waals surface area (Å²) in [5.41, 5.74) is 4.55. The molecule has 0 saturated heterocycles. The van der Waals surface area contributed by atoms with E-state index in [4.69, 9.17) is 4.74 Å². The second-order valence-electron chi connectivity index (χ2n) is 5.56. The number of carbonyl (C=O) groups excluding carboxylic acids is 1. The van der Waals surface area contributed by atoms with Crippen LogP contribution < -0.4 is 5.32 Å². The quantitative estimate of drug-likeness (QED) is 0.826. The molecule has 0 atom stereocenters. The molecule has 102 valence electrons. The minimum atomic E-state index is -0.233. The zero-order valence-electron chi connectivity index (χ0n) is 11.5. The highest BCUT2D eigenvalue weighted by molar-refractivity contribution is 5.97. The van der Waals surface area contributed by atoms with Gasteiger partial charge in [0.1, 0.15) is 0 Å². The highest BCUT2D eigenvalue weighted by atomic mass is 16.5. The van der Waals surface area contributed by atoms with Gasteiger partial charge in [-0.05, 0) is 48.8 Å². The second kappa shape index (κ2) is 5.24. The Hall–Kier alpha value is -1.51. The van der Waals surface area contributed by atoms with E-state index in [0.29, 0.717) is 11.5 Å². The minimum Gasteiger partial charge on any atom is -0.465 e. The summed E-state index contributed by atoms with van der Waals surface area (Å²) < 4.78 is 4.89. The van der Waals surface area contributed by atoms with Crippen molar-refractivity contribution in [2.45, 2.75) is 44.4 Å². The highest BCUT2D eigenvalue weighted by Gasteiger charge is 2.26. The predicted octanol–water partition coefficient (Wildman–Crippen LogP) is 3.49. The van der Waals surface area contributed by atoms with E-state index < -0.39 is 0 Å². The van der Waals surface area contributed by atoms with Gasteiger partial charge in [0, 0.05) is 6.54 Å². The van der Waals surface area contributed by atoms with E-state index in [1.165, 1.54) is 43.9 Å². The SMILES string of the molecule is COC(=O)c1ccc(C2CCCC2)c2c1NCCC2. The molecule has 19 heavy (non-hydrogen) atoms. The Bertz CT molecular complexity index is 490. The topological polar surface area (TPSA) is 38.3 Å². The van der Waals surface area contributed by atoms with Gasteiger partial charge in [-0.15, -0.1) is 0 Å². The van der Waals surface area contributed by atoms with Crippen LogP contribution in [0.25, 0.3) is 0 Å². The maximum atomic E-state index is 11.9. The van der Waals surface area contributed by atoms with Crippen LogP contribution in [0.2, 0.25) is 0 Å². The first-order chi connectivity index (χ1) is 9.31. The van der Waals surface area contributed by atoms with Gasteiger partial charge in [0.2, 0.25) is 0 Å². The smallest absolute Gasteiger partial charge is 0.339 e. The van der Waals surface area contributed by atoms with Crippen LogP contribution >= 0.6 is 0 Å². The summed E-state index contributed by atoms with van der Waals surface area (Å²) in [6.07, 6.45) is 7.50. The molecule has 0 bridgehead atoms. The van der Waals surface area contributed by atoms with E-state index in [0.717, 1.165) is 25.1 Å². The Morgan fingerprint density at radius 2 is 2.05 bits per heavy atom. The van der Waals surface area contributed by atoms with E-state index in [1.54, 1.807) is 0 Å². The third-order valence-electron chi connectivity index (χ3n) is 4.45. The van der Waals surface area contributed by atoms with E-state index in [2.05, 4.69) is 11.4 Å². The van der Waals surface area contributed by atoms with Crippen molar-refractivity contribution < 1.29 is 9.53 Å². The molecule has 1 N–H and O–H groups in total. The zero-order valence-corrected chi connectivity index (χ0v) is 11.5. The predicted molar refractivity (Wildman–Crippen MR) is 75.8 cm³/mol. The number of anilines is 1. The van der Waals surface area contributed by atoms with Crippen molar-refractivity contribution in [1.29, 1.82) is 0 Å². The van der Waals surface area contributed by atoms with Crippen molar-refractivity contribution in [3.8, 4) is 0 Å². The molecule has 1 fully saturated rings. The monoisotopic (exact) mass is 259 g/mol. The number of hydrogen-bond donors (Lipinski definition) is 1. The molecule has 1 aliphatic carbocycles. The molecule has 0 aromatic heterocycles. The Morgan fingerprint density at radius 1 is 1.26 bits per heavy atom. The number of rotatable bonds is 2. The van der Waals surface area contributed by atoms with Crippen molar-refractivity contribution in [3.05, 3.63) is 28.8 Å². The molecule has 0 spiro atoms. The molecule has 1 aromatic carbocycles. The third kappa shape index (κ3) is 2.22. The van der Waals surface area contributed by atoms with Gasteiger partial charge in [-0.25, -0.2) is 4.79 Å². The fourth-order valence-corrected chi connectivity index (χ4v) is 3.51. The molecule has 3 heteroatoms. The normalized spacial score (nSPS) is 18.8. The summed E-state index contributed by atoms with van der Waals surface area (Å²) >= 11 is 0. The average Bonchev–Trinajstić information content (AvgIpc) is 2.99. The van der Waals surface area contributed by atoms with E-state index in [1.807, 2.05) is 6.07 Å². The van der Waals surface area contributed by atoms with Crippen molar-refractivity contribution in [2.24, 2.45) is 0 Å². The van der Waals surface area contributed by atoms with Crippen LogP contribution in [-0.2, 0) is 11.2 Å². The van der Waals surface area contributed by atoms with Crippen LogP contribution in [0.3, 0.4) is 0 Å². The first-order valence-electron chi connectivity index (χ1n) is 7.29. The lowest BCUT2D eigenvalue weighted by atomic mass is 9.86. The van der Waals surface area contributed by atoms with Gasteiger partial charge in [-0.2, -0.15) is 0 Å². The maximum Gasteiger partial charge on any atom is 0.339 e. The Labute approximate surface area is 114 Å². The second-order valence-corrected chi connectivity index (χ2v) is 5.56. The van der Waals surface area contributed by atoms with Crippen molar-refractivity contribution >= 4 is 11.7 Å². The van der Waals surface area contributed by atoms with Crippen LogP contribution in [0.15, 0.2) is 12.1 Å². The van der Waals surface area contributed by atoms with Crippen molar-refractivity contribution in [3.63, 3.8) is 0 Å². The first kappa shape index (κ1) is 12.5. The largest absolute Gasteiger partial charge is 0.465 e. The molecule has 3 nitrogen and oxygen atoms in total. The third-order valence-corrected chi connectivity index (χ3v) is 4.45. The molecule has 1 aromatic rings. The van der Waals surface area contributed by atoms with Crippen LogP contribution in [0, 0.1) is 0 Å². The zero-order chi connectivity index (χ0) is 13.2. The van der Waals surface area contributed by atoms with E-state index >= 15 is 0 Å². The number of carbonyl (C=O) groups is 1. The first-order valence-corrected chi connectivity index (χ1v) is 7.29. The number of nitrogens with one attached hydrogen (secondary N) is 1. The summed E-state index contributed by atoms with van der Waals surface area (Å²) in [5, 5.41) is 3.41. The summed E-state index contributed by atoms with van der Waals surface area (Å²) in [7, 11) is 1.45. The lowest BCUT2D eigenvalue weighted by Gasteiger charge is -2.25. The summed E-state index contributed by atoms with van der Waals surface area (Å²) in [5.74, 6) is 0.462. The molecule has 1 aliphatic heterocycles. The molecule has 3 rings (SSSR count). The molecule has 2 aliphatic rings. The number of benzene rings is 1. The molecular formula is C16H21NO2. The Kier molecular flexibility index (Phi) is 3.45. The van der Waals surface area contributed by atoms with E-state index in [9.17, 15) is 4.79 Å². The maximum absolute atomic E-state index is 11.9. The van der Waals surface area contributed by atoms with Gasteiger partial charge < -0.3 is 10.1 Å². The lowest BCUT2D eigenvalue weighted by molar-refractivity contribution is 0.0601. The standard InChI is InChI=1S/C16H21NO2/c1-19-16(18)14-9-8-12(11-5-2-3-6-11)13-7-4-10-17-15(13)14/h8-9,11,17H,2-7,10H2,1H3. The number of methoxy groups -OCH3 is 1. The number of ether oxygens (including phenoxy) is 1. The van der Waals surface area contributed by atoms with Crippen LogP contribution in [-0.4, -0.2) is 19.6 Å². The summed E-state index contributed by atoms with van der Waals surface area (Å²) in [6, 6.07) is 4.10. The molecular weight excluding hydrogens is 238 g/mol. The number of hydrogen-bond acceptors (Lipinski definition) is 3. The molecule has 1 saturated carbocycles. The van der Waals surface area contributed by atoms with Crippen LogP contribution in [0.4, 0.5) is 5.69 Å². The lowest BCUT2D eigenvalue weighted by Crippen LogP contribution is -2.18. The summed E-state index contributed by atoms with van der Waals surface area (Å²) in [6.45, 7) is 0.950. The molecule has 0 unspecified atom stereocenters.